The van der Waals surface area contributed by atoms with Gasteiger partial charge in [0.25, 0.3) is 5.56 Å². The van der Waals surface area contributed by atoms with Gasteiger partial charge in [0.2, 0.25) is 5.91 Å². The van der Waals surface area contributed by atoms with Crippen LogP contribution in [0.15, 0.2) is 17.1 Å². The van der Waals surface area contributed by atoms with Crippen LogP contribution >= 0.6 is 0 Å². The van der Waals surface area contributed by atoms with E-state index in [2.05, 4.69) is 28.2 Å². The lowest BCUT2D eigenvalue weighted by atomic mass is 9.99. The Hall–Kier alpha value is -2.29. The minimum Gasteiger partial charge on any atom is -0.370 e. The third-order valence-corrected chi connectivity index (χ3v) is 3.68. The molecule has 0 bridgehead atoms. The Kier molecular flexibility index (Phi) is 4.99. The summed E-state index contributed by atoms with van der Waals surface area (Å²) in [5, 5.41) is 6.58. The van der Waals surface area contributed by atoms with Crippen molar-refractivity contribution in [2.45, 2.75) is 26.3 Å². The van der Waals surface area contributed by atoms with Gasteiger partial charge in [-0.25, -0.2) is 4.68 Å². The van der Waals surface area contributed by atoms with Crippen LogP contribution < -0.4 is 15.8 Å². The molecule has 0 radical (unpaired) electrons. The zero-order valence-electron chi connectivity index (χ0n) is 12.2. The van der Waals surface area contributed by atoms with Crippen molar-refractivity contribution in [3.63, 3.8) is 0 Å². The molecule has 6 heteroatoms. The Balaban J connectivity index is 2.02. The van der Waals surface area contributed by atoms with Gasteiger partial charge in [-0.15, -0.1) is 6.42 Å². The maximum atomic E-state index is 12.0. The highest BCUT2D eigenvalue weighted by Gasteiger charge is 2.17. The van der Waals surface area contributed by atoms with Gasteiger partial charge in [0, 0.05) is 19.2 Å². The molecule has 1 aromatic rings. The maximum Gasteiger partial charge on any atom is 0.269 e. The maximum absolute atomic E-state index is 12.0. The number of carbonyl (C=O) groups is 1. The van der Waals surface area contributed by atoms with Crippen LogP contribution in [0, 0.1) is 18.3 Å². The Bertz CT molecular complexity index is 594. The fraction of sp³-hybridized carbons (Fsp3) is 0.533. The third-order valence-electron chi connectivity index (χ3n) is 3.68. The van der Waals surface area contributed by atoms with E-state index in [0.29, 0.717) is 0 Å². The summed E-state index contributed by atoms with van der Waals surface area (Å²) >= 11 is 0. The number of aromatic nitrogens is 2. The minimum absolute atomic E-state index is 0.113. The number of nitrogens with zero attached hydrogens (tertiary/aromatic N) is 3. The molecule has 2 rings (SSSR count). The molecule has 1 aliphatic rings. The van der Waals surface area contributed by atoms with Crippen LogP contribution in [0.1, 0.15) is 19.8 Å². The molecule has 112 valence electrons. The molecular weight excluding hydrogens is 268 g/mol. The standard InChI is InChI=1S/C15H20N4O2/c1-3-6-16-14(20)11-19-15(21)9-13(10-17-19)18-7-4-12(2)5-8-18/h1,9-10,12H,4-8,11H2,2H3,(H,16,20). The van der Waals surface area contributed by atoms with Gasteiger partial charge >= 0.3 is 0 Å². The summed E-state index contributed by atoms with van der Waals surface area (Å²) in [5.41, 5.74) is 0.550. The topological polar surface area (TPSA) is 67.2 Å². The second-order valence-electron chi connectivity index (χ2n) is 5.36. The molecule has 0 aliphatic carbocycles. The highest BCUT2D eigenvalue weighted by molar-refractivity contribution is 5.75. The van der Waals surface area contributed by atoms with Crippen molar-refractivity contribution in [2.24, 2.45) is 5.92 Å². The zero-order valence-corrected chi connectivity index (χ0v) is 12.2. The third kappa shape index (κ3) is 4.09. The predicted octanol–water partition coefficient (Wildman–Crippen LogP) is 0.229. The van der Waals surface area contributed by atoms with Crippen molar-refractivity contribution in [3.05, 3.63) is 22.6 Å². The monoisotopic (exact) mass is 288 g/mol. The lowest BCUT2D eigenvalue weighted by Crippen LogP contribution is -2.36. The van der Waals surface area contributed by atoms with Crippen LogP contribution in [0.4, 0.5) is 5.69 Å². The summed E-state index contributed by atoms with van der Waals surface area (Å²) in [4.78, 5) is 25.7. The molecule has 0 spiro atoms. The molecule has 21 heavy (non-hydrogen) atoms. The number of piperidine rings is 1. The fourth-order valence-electron chi connectivity index (χ4n) is 2.32. The first kappa shape index (κ1) is 15.1. The molecule has 2 heterocycles. The van der Waals surface area contributed by atoms with Crippen LogP contribution in [0.5, 0.6) is 0 Å². The van der Waals surface area contributed by atoms with Gasteiger partial charge in [0.15, 0.2) is 0 Å². The van der Waals surface area contributed by atoms with Gasteiger partial charge < -0.3 is 10.2 Å². The largest absolute Gasteiger partial charge is 0.370 e. The number of nitrogens with one attached hydrogen (secondary N) is 1. The zero-order chi connectivity index (χ0) is 15.2. The Morgan fingerprint density at radius 1 is 1.52 bits per heavy atom. The smallest absolute Gasteiger partial charge is 0.269 e. The molecule has 6 nitrogen and oxygen atoms in total. The van der Waals surface area contributed by atoms with E-state index >= 15 is 0 Å². The van der Waals surface area contributed by atoms with Crippen LogP contribution in [-0.2, 0) is 11.3 Å². The van der Waals surface area contributed by atoms with Crippen molar-refractivity contribution < 1.29 is 4.79 Å². The number of rotatable bonds is 4. The lowest BCUT2D eigenvalue weighted by Gasteiger charge is -2.31. The van der Waals surface area contributed by atoms with E-state index in [4.69, 9.17) is 6.42 Å². The lowest BCUT2D eigenvalue weighted by molar-refractivity contribution is -0.121. The summed E-state index contributed by atoms with van der Waals surface area (Å²) in [6.45, 7) is 4.15. The van der Waals surface area contributed by atoms with E-state index in [0.717, 1.165) is 42.2 Å². The summed E-state index contributed by atoms with van der Waals surface area (Å²) in [6, 6.07) is 1.54. The van der Waals surface area contributed by atoms with Crippen molar-refractivity contribution in [1.29, 1.82) is 0 Å². The average molecular weight is 288 g/mol. The highest BCUT2D eigenvalue weighted by Crippen LogP contribution is 2.20. The summed E-state index contributed by atoms with van der Waals surface area (Å²) in [7, 11) is 0. The van der Waals surface area contributed by atoms with Gasteiger partial charge in [-0.05, 0) is 18.8 Å². The van der Waals surface area contributed by atoms with E-state index in [1.54, 1.807) is 6.20 Å². The Morgan fingerprint density at radius 2 is 2.24 bits per heavy atom. The molecule has 0 saturated carbocycles. The quantitative estimate of drug-likeness (QED) is 0.805. The SMILES string of the molecule is C#CCNC(=O)Cn1ncc(N2CCC(C)CC2)cc1=O. The van der Waals surface area contributed by atoms with E-state index in [9.17, 15) is 9.59 Å². The van der Waals surface area contributed by atoms with Crippen LogP contribution in [-0.4, -0.2) is 35.3 Å². The number of hydrogen-bond acceptors (Lipinski definition) is 4. The first-order valence-electron chi connectivity index (χ1n) is 7.12. The summed E-state index contributed by atoms with van der Waals surface area (Å²) in [5.74, 6) is 2.72. The van der Waals surface area contributed by atoms with Crippen molar-refractivity contribution >= 4 is 11.6 Å². The first-order chi connectivity index (χ1) is 10.1. The first-order valence-corrected chi connectivity index (χ1v) is 7.12. The summed E-state index contributed by atoms with van der Waals surface area (Å²) < 4.78 is 1.14. The second kappa shape index (κ2) is 6.93. The Morgan fingerprint density at radius 3 is 2.86 bits per heavy atom. The molecule has 1 fully saturated rings. The van der Waals surface area contributed by atoms with Crippen molar-refractivity contribution in [3.8, 4) is 12.3 Å². The van der Waals surface area contributed by atoms with Gasteiger partial charge in [-0.3, -0.25) is 9.59 Å². The number of amides is 1. The van der Waals surface area contributed by atoms with E-state index in [1.807, 2.05) is 0 Å². The van der Waals surface area contributed by atoms with Gasteiger partial charge in [-0.1, -0.05) is 12.8 Å². The molecule has 1 amide bonds. The van der Waals surface area contributed by atoms with Gasteiger partial charge in [0.05, 0.1) is 18.4 Å². The van der Waals surface area contributed by atoms with E-state index in [-0.39, 0.29) is 24.6 Å². The molecule has 1 aromatic heterocycles. The predicted molar refractivity (Wildman–Crippen MR) is 81.0 cm³/mol. The van der Waals surface area contributed by atoms with Crippen LogP contribution in [0.25, 0.3) is 0 Å². The van der Waals surface area contributed by atoms with Gasteiger partial charge in [0.1, 0.15) is 6.54 Å². The van der Waals surface area contributed by atoms with Crippen LogP contribution in [0.2, 0.25) is 0 Å². The molecule has 0 unspecified atom stereocenters. The molecule has 1 saturated heterocycles. The van der Waals surface area contributed by atoms with Crippen molar-refractivity contribution in [2.75, 3.05) is 24.5 Å². The second-order valence-corrected chi connectivity index (χ2v) is 5.36. The number of terminal acetylenes is 1. The highest BCUT2D eigenvalue weighted by atomic mass is 16.2. The molecule has 0 atom stereocenters. The van der Waals surface area contributed by atoms with Crippen molar-refractivity contribution in [1.82, 2.24) is 15.1 Å². The van der Waals surface area contributed by atoms with E-state index in [1.165, 1.54) is 6.07 Å². The van der Waals surface area contributed by atoms with E-state index < -0.39 is 0 Å². The summed E-state index contributed by atoms with van der Waals surface area (Å²) in [6.07, 6.45) is 8.95. The normalized spacial score (nSPS) is 15.5. The number of anilines is 1. The minimum atomic E-state index is -0.318. The average Bonchev–Trinajstić information content (AvgIpc) is 2.48. The molecular formula is C15H20N4O2. The molecule has 1 aliphatic heterocycles. The number of hydrogen-bond donors (Lipinski definition) is 1. The number of carbonyl (C=O) groups excluding carboxylic acids is 1. The molecule has 0 aromatic carbocycles. The Labute approximate surface area is 124 Å². The van der Waals surface area contributed by atoms with Crippen LogP contribution in [0.3, 0.4) is 0 Å². The fourth-order valence-corrected chi connectivity index (χ4v) is 2.32. The van der Waals surface area contributed by atoms with Gasteiger partial charge in [-0.2, -0.15) is 5.10 Å². The molecule has 1 N–H and O–H groups in total.